The summed E-state index contributed by atoms with van der Waals surface area (Å²) in [6.45, 7) is 2.72. The molecule has 1 heterocycles. The van der Waals surface area contributed by atoms with Crippen LogP contribution in [0.5, 0.6) is 5.75 Å². The highest BCUT2D eigenvalue weighted by Crippen LogP contribution is 2.28. The highest BCUT2D eigenvalue weighted by atomic mass is 35.5. The van der Waals surface area contributed by atoms with Gasteiger partial charge in [0.1, 0.15) is 5.75 Å². The van der Waals surface area contributed by atoms with Crippen LogP contribution >= 0.6 is 23.2 Å². The smallest absolute Gasteiger partial charge is 0.255 e. The second-order valence-corrected chi connectivity index (χ2v) is 5.38. The number of carbonyl (C=O) groups excluding carboxylic acids is 1. The lowest BCUT2D eigenvalue weighted by molar-refractivity contribution is -0.129. The number of hydrogen-bond acceptors (Lipinski definition) is 3. The first-order chi connectivity index (χ1) is 9.13. The molecule has 6 heteroatoms. The van der Waals surface area contributed by atoms with Crippen molar-refractivity contribution in [2.24, 2.45) is 0 Å². The molecule has 0 N–H and O–H groups in total. The van der Waals surface area contributed by atoms with Crippen LogP contribution in [0.4, 0.5) is 5.69 Å². The van der Waals surface area contributed by atoms with Crippen LogP contribution in [0.1, 0.15) is 0 Å². The van der Waals surface area contributed by atoms with Gasteiger partial charge in [0.15, 0.2) is 4.84 Å². The Balaban J connectivity index is 2.02. The second-order valence-electron chi connectivity index (χ2n) is 4.28. The summed E-state index contributed by atoms with van der Waals surface area (Å²) in [6.07, 6.45) is 0. The normalized spacial score (nSPS) is 15.8. The Morgan fingerprint density at radius 3 is 2.42 bits per heavy atom. The van der Waals surface area contributed by atoms with Gasteiger partial charge in [0.05, 0.1) is 12.8 Å². The maximum Gasteiger partial charge on any atom is 0.255 e. The third kappa shape index (κ3) is 3.25. The molecule has 0 unspecified atom stereocenters. The number of halogens is 2. The molecule has 1 fully saturated rings. The van der Waals surface area contributed by atoms with E-state index in [9.17, 15) is 4.79 Å². The van der Waals surface area contributed by atoms with E-state index in [1.54, 1.807) is 12.0 Å². The van der Waals surface area contributed by atoms with Crippen LogP contribution in [0, 0.1) is 0 Å². The maximum atomic E-state index is 11.7. The number of amides is 1. The molecule has 2 rings (SSSR count). The van der Waals surface area contributed by atoms with Crippen molar-refractivity contribution in [3.8, 4) is 5.75 Å². The first-order valence-electron chi connectivity index (χ1n) is 6.08. The van der Waals surface area contributed by atoms with Crippen molar-refractivity contribution >= 4 is 34.8 Å². The van der Waals surface area contributed by atoms with Gasteiger partial charge in [-0.05, 0) is 12.1 Å². The van der Waals surface area contributed by atoms with E-state index in [1.807, 2.05) is 24.3 Å². The zero-order chi connectivity index (χ0) is 13.8. The van der Waals surface area contributed by atoms with Crippen molar-refractivity contribution in [2.75, 3.05) is 38.2 Å². The van der Waals surface area contributed by atoms with E-state index in [4.69, 9.17) is 27.9 Å². The van der Waals surface area contributed by atoms with Crippen LogP contribution in [-0.4, -0.2) is 48.9 Å². The van der Waals surface area contributed by atoms with E-state index in [2.05, 4.69) is 4.90 Å². The molecule has 4 nitrogen and oxygen atoms in total. The number of alkyl halides is 2. The summed E-state index contributed by atoms with van der Waals surface area (Å²) < 4.78 is 5.35. The number of carbonyl (C=O) groups is 1. The molecule has 1 aliphatic heterocycles. The van der Waals surface area contributed by atoms with Crippen LogP contribution in [0.3, 0.4) is 0 Å². The maximum absolute atomic E-state index is 11.7. The largest absolute Gasteiger partial charge is 0.495 e. The average Bonchev–Trinajstić information content (AvgIpc) is 2.46. The Hall–Kier alpha value is -1.13. The molecule has 1 aromatic rings. The molecular weight excluding hydrogens is 287 g/mol. The quantitative estimate of drug-likeness (QED) is 0.802. The molecule has 1 aromatic carbocycles. The van der Waals surface area contributed by atoms with Gasteiger partial charge in [-0.1, -0.05) is 35.3 Å². The van der Waals surface area contributed by atoms with E-state index in [0.717, 1.165) is 24.5 Å². The van der Waals surface area contributed by atoms with Gasteiger partial charge in [-0.15, -0.1) is 0 Å². The minimum atomic E-state index is -0.974. The van der Waals surface area contributed by atoms with E-state index < -0.39 is 4.84 Å². The van der Waals surface area contributed by atoms with Gasteiger partial charge in [0.2, 0.25) is 0 Å². The zero-order valence-corrected chi connectivity index (χ0v) is 12.2. The van der Waals surface area contributed by atoms with Crippen LogP contribution in [0.25, 0.3) is 0 Å². The zero-order valence-electron chi connectivity index (χ0n) is 10.7. The minimum Gasteiger partial charge on any atom is -0.495 e. The number of hydrogen-bond donors (Lipinski definition) is 0. The molecule has 0 radical (unpaired) electrons. The van der Waals surface area contributed by atoms with Crippen molar-refractivity contribution in [2.45, 2.75) is 4.84 Å². The van der Waals surface area contributed by atoms with Crippen LogP contribution in [-0.2, 0) is 4.79 Å². The molecule has 0 aliphatic carbocycles. The standard InChI is InChI=1S/C13H16Cl2N2O2/c1-19-11-5-3-2-4-10(11)16-6-8-17(9-7-16)13(18)12(14)15/h2-5,12H,6-9H2,1H3. The Labute approximate surface area is 122 Å². The number of ether oxygens (including phenoxy) is 1. The first-order valence-corrected chi connectivity index (χ1v) is 6.95. The third-order valence-corrected chi connectivity index (χ3v) is 3.58. The van der Waals surface area contributed by atoms with E-state index in [1.165, 1.54) is 0 Å². The number of anilines is 1. The van der Waals surface area contributed by atoms with Crippen molar-refractivity contribution in [3.63, 3.8) is 0 Å². The Morgan fingerprint density at radius 2 is 1.84 bits per heavy atom. The van der Waals surface area contributed by atoms with Crippen LogP contribution < -0.4 is 9.64 Å². The summed E-state index contributed by atoms with van der Waals surface area (Å²) in [7, 11) is 1.66. The fourth-order valence-electron chi connectivity index (χ4n) is 2.20. The molecule has 1 saturated heterocycles. The lowest BCUT2D eigenvalue weighted by atomic mass is 10.2. The van der Waals surface area contributed by atoms with Crippen molar-refractivity contribution in [1.82, 2.24) is 4.90 Å². The number of nitrogens with zero attached hydrogens (tertiary/aromatic N) is 2. The topological polar surface area (TPSA) is 32.8 Å². The summed E-state index contributed by atoms with van der Waals surface area (Å²) in [6, 6.07) is 7.86. The van der Waals surface area contributed by atoms with E-state index >= 15 is 0 Å². The number of piperazine rings is 1. The minimum absolute atomic E-state index is 0.219. The van der Waals surface area contributed by atoms with Gasteiger partial charge in [-0.3, -0.25) is 4.79 Å². The van der Waals surface area contributed by atoms with Gasteiger partial charge in [0.25, 0.3) is 5.91 Å². The number of para-hydroxylation sites is 2. The Kier molecular flexibility index (Phi) is 4.77. The molecule has 19 heavy (non-hydrogen) atoms. The second kappa shape index (κ2) is 6.35. The lowest BCUT2D eigenvalue weighted by Gasteiger charge is -2.36. The fraction of sp³-hybridized carbons (Fsp3) is 0.462. The molecule has 0 saturated carbocycles. The predicted molar refractivity (Wildman–Crippen MR) is 77.3 cm³/mol. The van der Waals surface area contributed by atoms with Gasteiger partial charge in [-0.25, -0.2) is 0 Å². The van der Waals surface area contributed by atoms with Crippen molar-refractivity contribution in [3.05, 3.63) is 24.3 Å². The fourth-order valence-corrected chi connectivity index (χ4v) is 2.47. The first kappa shape index (κ1) is 14.3. The molecule has 0 atom stereocenters. The molecular formula is C13H16Cl2N2O2. The molecule has 1 amide bonds. The number of rotatable bonds is 3. The van der Waals surface area contributed by atoms with Crippen LogP contribution in [0.2, 0.25) is 0 Å². The summed E-state index contributed by atoms with van der Waals surface area (Å²) >= 11 is 11.2. The van der Waals surface area contributed by atoms with Gasteiger partial charge in [0, 0.05) is 26.2 Å². The summed E-state index contributed by atoms with van der Waals surface area (Å²) in [5, 5.41) is 0. The molecule has 0 aromatic heterocycles. The SMILES string of the molecule is COc1ccccc1N1CCN(C(=O)C(Cl)Cl)CC1. The average molecular weight is 303 g/mol. The highest BCUT2D eigenvalue weighted by Gasteiger charge is 2.25. The van der Waals surface area contributed by atoms with Crippen LogP contribution in [0.15, 0.2) is 24.3 Å². The molecule has 0 spiro atoms. The highest BCUT2D eigenvalue weighted by molar-refractivity contribution is 6.53. The molecule has 104 valence electrons. The monoisotopic (exact) mass is 302 g/mol. The summed E-state index contributed by atoms with van der Waals surface area (Å²) in [5.74, 6) is 0.623. The Bertz CT molecular complexity index is 446. The van der Waals surface area contributed by atoms with E-state index in [0.29, 0.717) is 13.1 Å². The number of benzene rings is 1. The number of methoxy groups -OCH3 is 1. The molecule has 1 aliphatic rings. The van der Waals surface area contributed by atoms with Gasteiger partial charge < -0.3 is 14.5 Å². The lowest BCUT2D eigenvalue weighted by Crippen LogP contribution is -2.50. The Morgan fingerprint density at radius 1 is 1.21 bits per heavy atom. The van der Waals surface area contributed by atoms with E-state index in [-0.39, 0.29) is 5.91 Å². The van der Waals surface area contributed by atoms with Gasteiger partial charge in [-0.2, -0.15) is 0 Å². The van der Waals surface area contributed by atoms with Crippen molar-refractivity contribution in [1.29, 1.82) is 0 Å². The summed E-state index contributed by atoms with van der Waals surface area (Å²) in [4.78, 5) is 14.6. The third-order valence-electron chi connectivity index (χ3n) is 3.20. The van der Waals surface area contributed by atoms with Crippen molar-refractivity contribution < 1.29 is 9.53 Å². The van der Waals surface area contributed by atoms with Gasteiger partial charge >= 0.3 is 0 Å². The molecule has 0 bridgehead atoms. The summed E-state index contributed by atoms with van der Waals surface area (Å²) in [5.41, 5.74) is 1.05. The predicted octanol–water partition coefficient (Wildman–Crippen LogP) is 2.15.